The van der Waals surface area contributed by atoms with E-state index in [1.54, 1.807) is 0 Å². The average Bonchev–Trinajstić information content (AvgIpc) is 2.84. The highest BCUT2D eigenvalue weighted by Gasteiger charge is 2.18. The number of nitrogens with one attached hydrogen (secondary N) is 1. The fourth-order valence-electron chi connectivity index (χ4n) is 2.80. The fourth-order valence-corrected chi connectivity index (χ4v) is 3.80. The lowest BCUT2D eigenvalue weighted by Gasteiger charge is -2.29. The van der Waals surface area contributed by atoms with Crippen molar-refractivity contribution in [2.75, 3.05) is 18.4 Å². The zero-order valence-electron chi connectivity index (χ0n) is 13.5. The summed E-state index contributed by atoms with van der Waals surface area (Å²) in [5.74, 6) is 0. The number of nitrogens with zero attached hydrogens (tertiary/aromatic N) is 3. The van der Waals surface area contributed by atoms with Gasteiger partial charge in [0.1, 0.15) is 0 Å². The van der Waals surface area contributed by atoms with E-state index < -0.39 is 0 Å². The quantitative estimate of drug-likeness (QED) is 0.827. The number of aliphatic hydroxyl groups excluding tert-OH is 1. The van der Waals surface area contributed by atoms with Gasteiger partial charge in [-0.05, 0) is 56.1 Å². The van der Waals surface area contributed by atoms with E-state index in [1.165, 1.54) is 22.5 Å². The first-order valence-electron chi connectivity index (χ1n) is 7.84. The summed E-state index contributed by atoms with van der Waals surface area (Å²) in [6, 6.07) is 6.19. The number of aryl methyl sites for hydroxylation is 1. The molecule has 0 unspecified atom stereocenters. The minimum atomic E-state index is -0.232. The predicted octanol–water partition coefficient (Wildman–Crippen LogP) is 3.45. The number of benzene rings is 1. The maximum Gasteiger partial charge on any atom is 0.209 e. The molecule has 0 bridgehead atoms. The summed E-state index contributed by atoms with van der Waals surface area (Å²) in [4.78, 5) is 2.20. The molecule has 1 aromatic carbocycles. The van der Waals surface area contributed by atoms with E-state index >= 15 is 0 Å². The van der Waals surface area contributed by atoms with Crippen LogP contribution in [0.3, 0.4) is 0 Å². The third-order valence-electron chi connectivity index (χ3n) is 4.27. The second-order valence-electron chi connectivity index (χ2n) is 6.06. The molecule has 2 heterocycles. The van der Waals surface area contributed by atoms with Crippen LogP contribution in [0.1, 0.15) is 24.0 Å². The number of piperidine rings is 1. The monoisotopic (exact) mass is 350 g/mol. The van der Waals surface area contributed by atoms with Crippen LogP contribution in [0.15, 0.2) is 18.2 Å². The zero-order chi connectivity index (χ0) is 16.4. The van der Waals surface area contributed by atoms with Gasteiger partial charge in [0.15, 0.2) is 3.95 Å². The summed E-state index contributed by atoms with van der Waals surface area (Å²) in [6.45, 7) is 6.52. The van der Waals surface area contributed by atoms with Gasteiger partial charge in [0.25, 0.3) is 0 Å². The Bertz CT molecular complexity index is 740. The Morgan fingerprint density at radius 2 is 2.26 bits per heavy atom. The minimum Gasteiger partial charge on any atom is -0.392 e. The lowest BCUT2D eigenvalue weighted by molar-refractivity contribution is 0.0516. The Morgan fingerprint density at radius 1 is 1.43 bits per heavy atom. The van der Waals surface area contributed by atoms with Gasteiger partial charge in [0.2, 0.25) is 5.13 Å². The van der Waals surface area contributed by atoms with Crippen molar-refractivity contribution in [3.05, 3.63) is 33.3 Å². The number of hydrogen-bond donors (Lipinski definition) is 2. The average molecular weight is 351 g/mol. The Kier molecular flexibility index (Phi) is 5.11. The van der Waals surface area contributed by atoms with E-state index in [2.05, 4.69) is 41.3 Å². The van der Waals surface area contributed by atoms with Crippen LogP contribution in [0, 0.1) is 17.8 Å². The summed E-state index contributed by atoms with van der Waals surface area (Å²) in [6.07, 6.45) is 1.68. The summed E-state index contributed by atoms with van der Waals surface area (Å²) in [5.41, 5.74) is 3.54. The molecule has 1 aliphatic rings. The van der Waals surface area contributed by atoms with Gasteiger partial charge >= 0.3 is 0 Å². The summed E-state index contributed by atoms with van der Waals surface area (Å²) in [5, 5.41) is 18.5. The van der Waals surface area contributed by atoms with Crippen molar-refractivity contribution in [3.8, 4) is 0 Å². The van der Waals surface area contributed by atoms with E-state index in [-0.39, 0.29) is 6.10 Å². The second-order valence-corrected chi connectivity index (χ2v) is 7.68. The summed E-state index contributed by atoms with van der Waals surface area (Å²) < 4.78 is 2.59. The maximum absolute atomic E-state index is 9.78. The van der Waals surface area contributed by atoms with Crippen molar-refractivity contribution < 1.29 is 5.11 Å². The van der Waals surface area contributed by atoms with Crippen molar-refractivity contribution in [1.82, 2.24) is 14.7 Å². The fraction of sp³-hybridized carbons (Fsp3) is 0.500. The Hall–Kier alpha value is -1.28. The molecule has 7 heteroatoms. The molecule has 1 fully saturated rings. The van der Waals surface area contributed by atoms with Crippen LogP contribution in [0.5, 0.6) is 0 Å². The van der Waals surface area contributed by atoms with Gasteiger partial charge < -0.3 is 10.4 Å². The molecular formula is C16H22N4OS2. The van der Waals surface area contributed by atoms with Gasteiger partial charge in [0.05, 0.1) is 12.8 Å². The van der Waals surface area contributed by atoms with E-state index in [0.717, 1.165) is 34.2 Å². The number of aliphatic hydroxyl groups is 1. The van der Waals surface area contributed by atoms with Crippen molar-refractivity contribution in [2.45, 2.75) is 39.5 Å². The van der Waals surface area contributed by atoms with Crippen LogP contribution in [0.2, 0.25) is 0 Å². The topological polar surface area (TPSA) is 53.3 Å². The van der Waals surface area contributed by atoms with Crippen LogP contribution in [0.4, 0.5) is 10.8 Å². The molecule has 1 aromatic heterocycles. The second kappa shape index (κ2) is 7.09. The molecule has 1 aliphatic heterocycles. The number of likely N-dealkylation sites (tertiary alicyclic amines) is 1. The molecule has 1 atom stereocenters. The molecule has 23 heavy (non-hydrogen) atoms. The molecule has 0 amide bonds. The lowest BCUT2D eigenvalue weighted by Crippen LogP contribution is -2.39. The maximum atomic E-state index is 9.78. The molecule has 1 saturated heterocycles. The van der Waals surface area contributed by atoms with E-state index in [0.29, 0.717) is 13.2 Å². The zero-order valence-corrected chi connectivity index (χ0v) is 15.1. The van der Waals surface area contributed by atoms with Gasteiger partial charge in [-0.15, -0.1) is 5.10 Å². The van der Waals surface area contributed by atoms with E-state index in [4.69, 9.17) is 12.2 Å². The SMILES string of the molecule is Cc1cccc(Nc2nn(CN3CCC[C@@H](O)C3)c(=S)s2)c1C. The van der Waals surface area contributed by atoms with Gasteiger partial charge in [-0.2, -0.15) is 0 Å². The number of hydrogen-bond acceptors (Lipinski definition) is 6. The third kappa shape index (κ3) is 3.98. The van der Waals surface area contributed by atoms with Crippen LogP contribution < -0.4 is 5.32 Å². The van der Waals surface area contributed by atoms with Crippen molar-refractivity contribution >= 4 is 34.4 Å². The number of aromatic nitrogens is 2. The first kappa shape index (κ1) is 16.6. The predicted molar refractivity (Wildman–Crippen MR) is 97.0 cm³/mol. The third-order valence-corrected chi connectivity index (χ3v) is 5.49. The molecule has 2 aromatic rings. The molecule has 3 rings (SSSR count). The molecule has 2 N–H and O–H groups in total. The normalized spacial score (nSPS) is 19.0. The highest BCUT2D eigenvalue weighted by atomic mass is 32.1. The van der Waals surface area contributed by atoms with Crippen LogP contribution in [-0.4, -0.2) is 39.0 Å². The number of rotatable bonds is 4. The Morgan fingerprint density at radius 3 is 3.04 bits per heavy atom. The van der Waals surface area contributed by atoms with Crippen molar-refractivity contribution in [2.24, 2.45) is 0 Å². The molecule has 0 spiro atoms. The minimum absolute atomic E-state index is 0.232. The molecule has 0 saturated carbocycles. The Labute approximate surface area is 145 Å². The standard InChI is InChI=1S/C16H22N4OS2/c1-11-5-3-7-14(12(11)2)17-15-18-20(16(22)23-15)10-19-8-4-6-13(21)9-19/h3,5,7,13,21H,4,6,8-10H2,1-2H3,(H,17,18)/t13-/m1/s1. The molecule has 0 aliphatic carbocycles. The molecular weight excluding hydrogens is 328 g/mol. The Balaban J connectivity index is 1.73. The summed E-state index contributed by atoms with van der Waals surface area (Å²) >= 11 is 6.91. The largest absolute Gasteiger partial charge is 0.392 e. The van der Waals surface area contributed by atoms with Crippen LogP contribution in [0.25, 0.3) is 0 Å². The first-order chi connectivity index (χ1) is 11.0. The number of β-amino-alcohol motifs (C(OH)–C–C–N with tert-alkyl or cyclic N) is 1. The number of anilines is 2. The lowest BCUT2D eigenvalue weighted by atomic mass is 10.1. The highest BCUT2D eigenvalue weighted by Crippen LogP contribution is 2.25. The van der Waals surface area contributed by atoms with E-state index in [1.807, 2.05) is 10.7 Å². The smallest absolute Gasteiger partial charge is 0.209 e. The van der Waals surface area contributed by atoms with Crippen LogP contribution >= 0.6 is 23.6 Å². The molecule has 0 radical (unpaired) electrons. The van der Waals surface area contributed by atoms with E-state index in [9.17, 15) is 5.11 Å². The molecule has 124 valence electrons. The highest BCUT2D eigenvalue weighted by molar-refractivity contribution is 7.73. The van der Waals surface area contributed by atoms with Gasteiger partial charge in [0, 0.05) is 18.8 Å². The molecule has 5 nitrogen and oxygen atoms in total. The first-order valence-corrected chi connectivity index (χ1v) is 9.07. The van der Waals surface area contributed by atoms with Gasteiger partial charge in [-0.1, -0.05) is 23.5 Å². The van der Waals surface area contributed by atoms with Crippen molar-refractivity contribution in [1.29, 1.82) is 0 Å². The van der Waals surface area contributed by atoms with Gasteiger partial charge in [-0.3, -0.25) is 4.90 Å². The van der Waals surface area contributed by atoms with Crippen LogP contribution in [-0.2, 0) is 6.67 Å². The summed E-state index contributed by atoms with van der Waals surface area (Å²) in [7, 11) is 0. The van der Waals surface area contributed by atoms with Crippen molar-refractivity contribution in [3.63, 3.8) is 0 Å². The van der Waals surface area contributed by atoms with Gasteiger partial charge in [-0.25, -0.2) is 4.68 Å².